The molecule has 0 saturated heterocycles. The van der Waals surface area contributed by atoms with Gasteiger partial charge in [0.25, 0.3) is 0 Å². The molecule has 0 heterocycles. The monoisotopic (exact) mass is 238 g/mol. The Balaban J connectivity index is 2.20. The van der Waals surface area contributed by atoms with Gasteiger partial charge in [-0.25, -0.2) is 0 Å². The van der Waals surface area contributed by atoms with Gasteiger partial charge in [-0.05, 0) is 19.3 Å². The third-order valence-electron chi connectivity index (χ3n) is 2.74. The first-order valence-corrected chi connectivity index (χ1v) is 5.81. The predicted molar refractivity (Wildman–Crippen MR) is 63.5 cm³/mol. The summed E-state index contributed by atoms with van der Waals surface area (Å²) in [6.45, 7) is 0. The minimum Gasteiger partial charge on any atom is -0.512 e. The molecule has 0 bridgehead atoms. The Morgan fingerprint density at radius 3 is 2.65 bits per heavy atom. The van der Waals surface area contributed by atoms with E-state index in [4.69, 9.17) is 0 Å². The molecule has 0 fully saturated rings. The van der Waals surface area contributed by atoms with Gasteiger partial charge in [0.1, 0.15) is 0 Å². The lowest BCUT2D eigenvalue weighted by atomic mass is 10.1. The fraction of sp³-hybridized carbons (Fsp3) is 0.538. The molecule has 17 heavy (non-hydrogen) atoms. The molecule has 1 aliphatic carbocycles. The predicted octanol–water partition coefficient (Wildman–Crippen LogP) is 2.45. The molecule has 0 aliphatic heterocycles. The van der Waals surface area contributed by atoms with E-state index < -0.39 is 0 Å². The van der Waals surface area contributed by atoms with Gasteiger partial charge < -0.3 is 9.84 Å². The topological polar surface area (TPSA) is 63.6 Å². The summed E-state index contributed by atoms with van der Waals surface area (Å²) < 4.78 is 4.51. The SMILES string of the molecule is COC(=O)CC/C=C\CCC1=C(O)CCC1=O. The first-order chi connectivity index (χ1) is 8.15. The van der Waals surface area contributed by atoms with Crippen LogP contribution in [0.4, 0.5) is 0 Å². The number of ketones is 1. The van der Waals surface area contributed by atoms with E-state index in [2.05, 4.69) is 4.74 Å². The van der Waals surface area contributed by atoms with E-state index in [0.29, 0.717) is 44.1 Å². The van der Waals surface area contributed by atoms with Crippen molar-refractivity contribution in [3.63, 3.8) is 0 Å². The zero-order valence-corrected chi connectivity index (χ0v) is 10.1. The van der Waals surface area contributed by atoms with E-state index in [9.17, 15) is 14.7 Å². The van der Waals surface area contributed by atoms with Gasteiger partial charge in [-0.2, -0.15) is 0 Å². The number of hydrogen-bond donors (Lipinski definition) is 1. The van der Waals surface area contributed by atoms with Crippen LogP contribution in [0, 0.1) is 0 Å². The average Bonchev–Trinajstić information content (AvgIpc) is 2.64. The molecule has 4 nitrogen and oxygen atoms in total. The Bertz CT molecular complexity index is 352. The van der Waals surface area contributed by atoms with Crippen LogP contribution in [0.2, 0.25) is 0 Å². The highest BCUT2D eigenvalue weighted by Crippen LogP contribution is 2.24. The normalized spacial score (nSPS) is 15.9. The fourth-order valence-corrected chi connectivity index (χ4v) is 1.74. The number of methoxy groups -OCH3 is 1. The van der Waals surface area contributed by atoms with Crippen molar-refractivity contribution in [2.24, 2.45) is 0 Å². The van der Waals surface area contributed by atoms with Crippen molar-refractivity contribution in [2.45, 2.75) is 38.5 Å². The highest BCUT2D eigenvalue weighted by Gasteiger charge is 2.21. The minimum atomic E-state index is -0.221. The summed E-state index contributed by atoms with van der Waals surface area (Å²) in [7, 11) is 1.37. The summed E-state index contributed by atoms with van der Waals surface area (Å²) in [6, 6.07) is 0. The lowest BCUT2D eigenvalue weighted by Gasteiger charge is -1.98. The molecule has 4 heteroatoms. The highest BCUT2D eigenvalue weighted by atomic mass is 16.5. The maximum Gasteiger partial charge on any atom is 0.305 e. The third-order valence-corrected chi connectivity index (χ3v) is 2.74. The second-order valence-corrected chi connectivity index (χ2v) is 3.97. The van der Waals surface area contributed by atoms with Gasteiger partial charge in [-0.3, -0.25) is 9.59 Å². The largest absolute Gasteiger partial charge is 0.512 e. The van der Waals surface area contributed by atoms with E-state index >= 15 is 0 Å². The Morgan fingerprint density at radius 2 is 2.06 bits per heavy atom. The molecule has 94 valence electrons. The van der Waals surface area contributed by atoms with Gasteiger partial charge in [-0.15, -0.1) is 0 Å². The lowest BCUT2D eigenvalue weighted by molar-refractivity contribution is -0.140. The van der Waals surface area contributed by atoms with Crippen LogP contribution in [0.1, 0.15) is 38.5 Å². The number of carbonyl (C=O) groups excluding carboxylic acids is 2. The molecule has 0 amide bonds. The zero-order valence-electron chi connectivity index (χ0n) is 10.1. The second kappa shape index (κ2) is 6.89. The molecule has 0 unspecified atom stereocenters. The van der Waals surface area contributed by atoms with Crippen molar-refractivity contribution in [3.05, 3.63) is 23.5 Å². The first kappa shape index (κ1) is 13.5. The van der Waals surface area contributed by atoms with Gasteiger partial charge in [0.05, 0.1) is 12.9 Å². The number of ether oxygens (including phenoxy) is 1. The average molecular weight is 238 g/mol. The van der Waals surface area contributed by atoms with Gasteiger partial charge in [0.2, 0.25) is 0 Å². The second-order valence-electron chi connectivity index (χ2n) is 3.97. The smallest absolute Gasteiger partial charge is 0.305 e. The van der Waals surface area contributed by atoms with E-state index in [1.54, 1.807) is 0 Å². The highest BCUT2D eigenvalue weighted by molar-refractivity contribution is 5.98. The maximum absolute atomic E-state index is 11.3. The first-order valence-electron chi connectivity index (χ1n) is 5.81. The van der Waals surface area contributed by atoms with Gasteiger partial charge >= 0.3 is 5.97 Å². The molecule has 0 aromatic heterocycles. The fourth-order valence-electron chi connectivity index (χ4n) is 1.74. The molecule has 1 N–H and O–H groups in total. The Labute approximate surface area is 101 Å². The lowest BCUT2D eigenvalue weighted by Crippen LogP contribution is -1.98. The van der Waals surface area contributed by atoms with Crippen LogP contribution in [0.15, 0.2) is 23.5 Å². The zero-order chi connectivity index (χ0) is 12.7. The summed E-state index contributed by atoms with van der Waals surface area (Å²) in [5, 5.41) is 9.44. The summed E-state index contributed by atoms with van der Waals surface area (Å²) in [5.41, 5.74) is 0.572. The van der Waals surface area contributed by atoms with Crippen molar-refractivity contribution < 1.29 is 19.4 Å². The summed E-state index contributed by atoms with van der Waals surface area (Å²) in [6.07, 6.45) is 7.06. The molecular formula is C13H18O4. The number of allylic oxidation sites excluding steroid dienone is 4. The number of carbonyl (C=O) groups is 2. The molecule has 1 aliphatic rings. The molecule has 0 aromatic carbocycles. The van der Waals surface area contributed by atoms with Crippen molar-refractivity contribution in [1.29, 1.82) is 0 Å². The van der Waals surface area contributed by atoms with E-state index in [0.717, 1.165) is 0 Å². The van der Waals surface area contributed by atoms with E-state index in [1.165, 1.54) is 7.11 Å². The minimum absolute atomic E-state index is 0.0606. The Hall–Kier alpha value is -1.58. The van der Waals surface area contributed by atoms with Crippen LogP contribution in [0.5, 0.6) is 0 Å². The van der Waals surface area contributed by atoms with Gasteiger partial charge in [-0.1, -0.05) is 12.2 Å². The van der Waals surface area contributed by atoms with Crippen LogP contribution < -0.4 is 0 Å². The molecule has 0 radical (unpaired) electrons. The van der Waals surface area contributed by atoms with Crippen LogP contribution in [0.3, 0.4) is 0 Å². The summed E-state index contributed by atoms with van der Waals surface area (Å²) >= 11 is 0. The van der Waals surface area contributed by atoms with Crippen LogP contribution in [0.25, 0.3) is 0 Å². The molecule has 0 atom stereocenters. The quantitative estimate of drug-likeness (QED) is 0.570. The number of Topliss-reactive ketones (excluding diaryl/α,β-unsaturated/α-hetero) is 1. The Morgan fingerprint density at radius 1 is 1.35 bits per heavy atom. The van der Waals surface area contributed by atoms with Crippen molar-refractivity contribution in [1.82, 2.24) is 0 Å². The van der Waals surface area contributed by atoms with E-state index in [1.807, 2.05) is 12.2 Å². The van der Waals surface area contributed by atoms with E-state index in [-0.39, 0.29) is 17.5 Å². The maximum atomic E-state index is 11.3. The molecule has 0 saturated carbocycles. The van der Waals surface area contributed by atoms with Crippen LogP contribution in [-0.2, 0) is 14.3 Å². The number of aliphatic hydroxyl groups is 1. The van der Waals surface area contributed by atoms with Crippen LogP contribution >= 0.6 is 0 Å². The van der Waals surface area contributed by atoms with Gasteiger partial charge in [0, 0.05) is 24.8 Å². The summed E-state index contributed by atoms with van der Waals surface area (Å²) in [4.78, 5) is 22.1. The van der Waals surface area contributed by atoms with Crippen molar-refractivity contribution in [2.75, 3.05) is 7.11 Å². The number of rotatable bonds is 6. The van der Waals surface area contributed by atoms with Crippen LogP contribution in [-0.4, -0.2) is 24.0 Å². The third kappa shape index (κ3) is 4.43. The number of aliphatic hydroxyl groups excluding tert-OH is 1. The molecule has 1 rings (SSSR count). The molecule has 0 spiro atoms. The number of esters is 1. The van der Waals surface area contributed by atoms with Crippen molar-refractivity contribution >= 4 is 11.8 Å². The number of hydrogen-bond acceptors (Lipinski definition) is 4. The van der Waals surface area contributed by atoms with Crippen molar-refractivity contribution in [3.8, 4) is 0 Å². The molecular weight excluding hydrogens is 220 g/mol. The standard InChI is InChI=1S/C13H18O4/c1-17-13(16)7-5-3-2-4-6-10-11(14)8-9-12(10)15/h2-3,14H,4-9H2,1H3/b3-2-. The van der Waals surface area contributed by atoms with Gasteiger partial charge in [0.15, 0.2) is 5.78 Å². The Kier molecular flexibility index (Phi) is 5.46. The summed E-state index contributed by atoms with van der Waals surface area (Å²) in [5.74, 6) is 0.0874. The molecule has 0 aromatic rings.